The second-order valence-corrected chi connectivity index (χ2v) is 4.66. The van der Waals surface area contributed by atoms with Gasteiger partial charge in [0.05, 0.1) is 5.41 Å². The minimum Gasteiger partial charge on any atom is -0.481 e. The zero-order valence-corrected chi connectivity index (χ0v) is 8.86. The molecule has 0 unspecified atom stereocenters. The molecule has 0 radical (unpaired) electrons. The number of carboxylic acids is 1. The fourth-order valence-corrected chi connectivity index (χ4v) is 2.03. The molecule has 4 nitrogen and oxygen atoms in total. The predicted octanol–water partition coefficient (Wildman–Crippen LogP) is 2.07. The fourth-order valence-electron chi connectivity index (χ4n) is 1.20. The van der Waals surface area contributed by atoms with Gasteiger partial charge in [-0.15, -0.1) is 11.3 Å². The van der Waals surface area contributed by atoms with Crippen LogP contribution in [-0.2, 0) is 4.79 Å². The summed E-state index contributed by atoms with van der Waals surface area (Å²) < 4.78 is 0. The van der Waals surface area contributed by atoms with Crippen molar-refractivity contribution < 1.29 is 9.90 Å². The molecule has 1 aliphatic carbocycles. The van der Waals surface area contributed by atoms with E-state index >= 15 is 0 Å². The third kappa shape index (κ3) is 1.83. The molecule has 0 atom stereocenters. The van der Waals surface area contributed by atoms with Crippen molar-refractivity contribution >= 4 is 34.0 Å². The number of nitrogens with zero attached hydrogens (tertiary/aromatic N) is 1. The van der Waals surface area contributed by atoms with Gasteiger partial charge < -0.3 is 10.4 Å². The van der Waals surface area contributed by atoms with Gasteiger partial charge in [0, 0.05) is 11.9 Å². The molecule has 0 saturated heterocycles. The number of hydrogen-bond acceptors (Lipinski definition) is 4. The van der Waals surface area contributed by atoms with Gasteiger partial charge in [0.25, 0.3) is 0 Å². The second kappa shape index (κ2) is 3.40. The molecule has 0 spiro atoms. The van der Waals surface area contributed by atoms with Gasteiger partial charge in [-0.1, -0.05) is 11.6 Å². The second-order valence-electron chi connectivity index (χ2n) is 3.41. The highest BCUT2D eigenvalue weighted by Gasteiger charge is 2.50. The lowest BCUT2D eigenvalue weighted by molar-refractivity contribution is -0.142. The van der Waals surface area contributed by atoms with Gasteiger partial charge in [-0.25, -0.2) is 4.98 Å². The van der Waals surface area contributed by atoms with Crippen LogP contribution in [0.1, 0.15) is 12.8 Å². The highest BCUT2D eigenvalue weighted by molar-refractivity contribution is 7.14. The first kappa shape index (κ1) is 9.73. The van der Waals surface area contributed by atoms with Gasteiger partial charge >= 0.3 is 5.97 Å². The van der Waals surface area contributed by atoms with Crippen LogP contribution in [0.3, 0.4) is 0 Å². The van der Waals surface area contributed by atoms with E-state index in [1.165, 1.54) is 11.3 Å². The zero-order chi connectivity index (χ0) is 10.2. The van der Waals surface area contributed by atoms with Crippen LogP contribution >= 0.6 is 22.9 Å². The summed E-state index contributed by atoms with van der Waals surface area (Å²) in [6.45, 7) is 0.437. The number of rotatable bonds is 4. The summed E-state index contributed by atoms with van der Waals surface area (Å²) in [6, 6.07) is 0. The molecule has 1 aromatic rings. The molecule has 0 aliphatic heterocycles. The smallest absolute Gasteiger partial charge is 0.311 e. The van der Waals surface area contributed by atoms with Crippen molar-refractivity contribution in [3.05, 3.63) is 10.5 Å². The highest BCUT2D eigenvalue weighted by atomic mass is 35.5. The molecule has 1 aromatic heterocycles. The lowest BCUT2D eigenvalue weighted by Crippen LogP contribution is -2.24. The minimum atomic E-state index is -0.729. The summed E-state index contributed by atoms with van der Waals surface area (Å²) in [4.78, 5) is 14.8. The number of carboxylic acid groups (broad SMARTS) is 1. The van der Waals surface area contributed by atoms with E-state index in [0.29, 0.717) is 16.8 Å². The Labute approximate surface area is 89.9 Å². The summed E-state index contributed by atoms with van der Waals surface area (Å²) in [5.41, 5.74) is -0.557. The fraction of sp³-hybridized carbons (Fsp3) is 0.500. The molecule has 1 saturated carbocycles. The summed E-state index contributed by atoms with van der Waals surface area (Å²) in [7, 11) is 0. The van der Waals surface area contributed by atoms with Crippen molar-refractivity contribution in [2.24, 2.45) is 5.41 Å². The Bertz CT molecular complexity index is 362. The first-order valence-electron chi connectivity index (χ1n) is 4.21. The number of carbonyl (C=O) groups is 1. The largest absolute Gasteiger partial charge is 0.481 e. The molecule has 1 heterocycles. The van der Waals surface area contributed by atoms with Crippen molar-refractivity contribution in [3.63, 3.8) is 0 Å². The Kier molecular flexibility index (Phi) is 2.36. The first-order chi connectivity index (χ1) is 6.62. The molecule has 1 aliphatic rings. The van der Waals surface area contributed by atoms with Crippen molar-refractivity contribution in [1.29, 1.82) is 0 Å². The van der Waals surface area contributed by atoms with E-state index in [0.717, 1.165) is 12.8 Å². The number of aliphatic carboxylic acids is 1. The molecule has 76 valence electrons. The molecule has 2 rings (SSSR count). The third-order valence-electron chi connectivity index (χ3n) is 2.36. The van der Waals surface area contributed by atoms with Gasteiger partial charge in [-0.05, 0) is 12.8 Å². The maximum atomic E-state index is 10.8. The Morgan fingerprint density at radius 2 is 2.50 bits per heavy atom. The topological polar surface area (TPSA) is 62.2 Å². The van der Waals surface area contributed by atoms with Gasteiger partial charge in [0.15, 0.2) is 5.13 Å². The van der Waals surface area contributed by atoms with Crippen LogP contribution in [0, 0.1) is 5.41 Å². The monoisotopic (exact) mass is 232 g/mol. The maximum Gasteiger partial charge on any atom is 0.311 e. The van der Waals surface area contributed by atoms with E-state index in [2.05, 4.69) is 10.3 Å². The lowest BCUT2D eigenvalue weighted by Gasteiger charge is -2.09. The van der Waals surface area contributed by atoms with Gasteiger partial charge in [0.1, 0.15) is 5.15 Å². The van der Waals surface area contributed by atoms with Crippen LogP contribution in [0.15, 0.2) is 5.38 Å². The van der Waals surface area contributed by atoms with E-state index in [4.69, 9.17) is 16.7 Å². The number of hydrogen-bond donors (Lipinski definition) is 2. The van der Waals surface area contributed by atoms with E-state index in [1.807, 2.05) is 0 Å². The number of nitrogens with one attached hydrogen (secondary N) is 1. The maximum absolute atomic E-state index is 10.8. The SMILES string of the molecule is O=C(O)C1(CNc2nc(Cl)cs2)CC1. The van der Waals surface area contributed by atoms with Gasteiger partial charge in [-0.3, -0.25) is 4.79 Å². The van der Waals surface area contributed by atoms with Crippen molar-refractivity contribution in [3.8, 4) is 0 Å². The standard InChI is InChI=1S/C8H9ClN2O2S/c9-5-3-14-7(11-5)10-4-8(1-2-8)6(12)13/h3H,1-2,4H2,(H,10,11)(H,12,13). The van der Waals surface area contributed by atoms with Crippen LogP contribution in [0.4, 0.5) is 5.13 Å². The Morgan fingerprint density at radius 1 is 1.79 bits per heavy atom. The number of aromatic nitrogens is 1. The quantitative estimate of drug-likeness (QED) is 0.834. The molecule has 14 heavy (non-hydrogen) atoms. The Morgan fingerprint density at radius 3 is 2.93 bits per heavy atom. The van der Waals surface area contributed by atoms with Gasteiger partial charge in [-0.2, -0.15) is 0 Å². The van der Waals surface area contributed by atoms with E-state index in [9.17, 15) is 4.79 Å². The summed E-state index contributed by atoms with van der Waals surface area (Å²) >= 11 is 7.01. The first-order valence-corrected chi connectivity index (χ1v) is 5.46. The van der Waals surface area contributed by atoms with Crippen LogP contribution < -0.4 is 5.32 Å². The van der Waals surface area contributed by atoms with E-state index in [-0.39, 0.29) is 0 Å². The normalized spacial score (nSPS) is 17.8. The van der Waals surface area contributed by atoms with E-state index in [1.54, 1.807) is 5.38 Å². The van der Waals surface area contributed by atoms with Crippen LogP contribution in [0.25, 0.3) is 0 Å². The molecule has 0 aromatic carbocycles. The average molecular weight is 233 g/mol. The van der Waals surface area contributed by atoms with Crippen LogP contribution in [0.2, 0.25) is 5.15 Å². The highest BCUT2D eigenvalue weighted by Crippen LogP contribution is 2.45. The number of anilines is 1. The zero-order valence-electron chi connectivity index (χ0n) is 7.29. The van der Waals surface area contributed by atoms with Crippen molar-refractivity contribution in [1.82, 2.24) is 4.98 Å². The number of halogens is 1. The molecular formula is C8H9ClN2O2S. The Balaban J connectivity index is 1.92. The molecule has 1 fully saturated rings. The summed E-state index contributed by atoms with van der Waals surface area (Å²) in [5.74, 6) is -0.729. The molecular weight excluding hydrogens is 224 g/mol. The van der Waals surface area contributed by atoms with Gasteiger partial charge in [0.2, 0.25) is 0 Å². The average Bonchev–Trinajstić information content (AvgIpc) is 2.82. The summed E-state index contributed by atoms with van der Waals surface area (Å²) in [6.07, 6.45) is 1.49. The molecule has 6 heteroatoms. The minimum absolute atomic E-state index is 0.437. The Hall–Kier alpha value is -0.810. The predicted molar refractivity (Wildman–Crippen MR) is 54.9 cm³/mol. The number of thiazole rings is 1. The lowest BCUT2D eigenvalue weighted by atomic mass is 10.1. The van der Waals surface area contributed by atoms with Crippen LogP contribution in [-0.4, -0.2) is 22.6 Å². The summed E-state index contributed by atoms with van der Waals surface area (Å²) in [5, 5.41) is 14.7. The molecule has 2 N–H and O–H groups in total. The molecule has 0 amide bonds. The van der Waals surface area contributed by atoms with E-state index < -0.39 is 11.4 Å². The van der Waals surface area contributed by atoms with Crippen LogP contribution in [0.5, 0.6) is 0 Å². The van der Waals surface area contributed by atoms with Crippen molar-refractivity contribution in [2.75, 3.05) is 11.9 Å². The molecule has 0 bridgehead atoms. The third-order valence-corrected chi connectivity index (χ3v) is 3.48. The van der Waals surface area contributed by atoms with Crippen molar-refractivity contribution in [2.45, 2.75) is 12.8 Å².